The first-order valence-corrected chi connectivity index (χ1v) is 10.9. The van der Waals surface area contributed by atoms with E-state index in [4.69, 9.17) is 9.47 Å². The van der Waals surface area contributed by atoms with Crippen LogP contribution in [0.3, 0.4) is 0 Å². The summed E-state index contributed by atoms with van der Waals surface area (Å²) in [5.41, 5.74) is 4.06. The molecule has 0 radical (unpaired) electrons. The van der Waals surface area contributed by atoms with Crippen molar-refractivity contribution in [3.8, 4) is 11.5 Å². The smallest absolute Gasteiger partial charge is 0.267 e. The van der Waals surface area contributed by atoms with Gasteiger partial charge < -0.3 is 9.47 Å². The number of ether oxygens (including phenoxy) is 2. The first-order valence-electron chi connectivity index (χ1n) is 9.46. The Morgan fingerprint density at radius 2 is 1.79 bits per heavy atom. The number of benzene rings is 2. The van der Waals surface area contributed by atoms with Gasteiger partial charge in [-0.1, -0.05) is 23.8 Å². The van der Waals surface area contributed by atoms with Crippen LogP contribution in [0.2, 0.25) is 0 Å². The largest absolute Gasteiger partial charge is 0.454 e. The van der Waals surface area contributed by atoms with Crippen LogP contribution in [0.15, 0.2) is 59.6 Å². The van der Waals surface area contributed by atoms with Crippen molar-refractivity contribution in [1.82, 2.24) is 3.97 Å². The number of aromatic nitrogens is 1. The number of nitrogens with zero attached hydrogens (tertiary/aromatic N) is 1. The van der Waals surface area contributed by atoms with Gasteiger partial charge in [-0.2, -0.15) is 0 Å². The molecule has 1 aliphatic heterocycles. The molecule has 1 aromatic heterocycles. The van der Waals surface area contributed by atoms with Crippen LogP contribution in [-0.2, 0) is 16.4 Å². The van der Waals surface area contributed by atoms with E-state index >= 15 is 0 Å². The van der Waals surface area contributed by atoms with Crippen LogP contribution in [0, 0.1) is 6.92 Å². The first-order chi connectivity index (χ1) is 13.5. The number of fused-ring (bicyclic) bond motifs is 2. The third-order valence-corrected chi connectivity index (χ3v) is 7.33. The van der Waals surface area contributed by atoms with Gasteiger partial charge >= 0.3 is 0 Å². The molecule has 0 saturated carbocycles. The summed E-state index contributed by atoms with van der Waals surface area (Å²) >= 11 is 0. The Labute approximate surface area is 164 Å². The molecule has 1 aliphatic carbocycles. The average molecular weight is 395 g/mol. The van der Waals surface area contributed by atoms with Gasteiger partial charge in [0, 0.05) is 17.8 Å². The highest BCUT2D eigenvalue weighted by Crippen LogP contribution is 2.42. The van der Waals surface area contributed by atoms with Gasteiger partial charge in [-0.25, -0.2) is 12.4 Å². The van der Waals surface area contributed by atoms with E-state index in [9.17, 15) is 8.42 Å². The van der Waals surface area contributed by atoms with Gasteiger partial charge in [0.25, 0.3) is 10.0 Å². The van der Waals surface area contributed by atoms with E-state index in [1.54, 1.807) is 18.3 Å². The van der Waals surface area contributed by atoms with Crippen LogP contribution >= 0.6 is 0 Å². The van der Waals surface area contributed by atoms with Crippen LogP contribution in [0.25, 0.3) is 0 Å². The minimum Gasteiger partial charge on any atom is -0.454 e. The lowest BCUT2D eigenvalue weighted by Gasteiger charge is -2.26. The molecule has 3 aromatic rings. The highest BCUT2D eigenvalue weighted by atomic mass is 32.2. The van der Waals surface area contributed by atoms with Gasteiger partial charge in [0.2, 0.25) is 6.79 Å². The van der Waals surface area contributed by atoms with E-state index in [0.717, 1.165) is 53.1 Å². The highest BCUT2D eigenvalue weighted by Gasteiger charge is 2.31. The van der Waals surface area contributed by atoms with Gasteiger partial charge in [-0.05, 0) is 67.6 Å². The third kappa shape index (κ3) is 2.71. The summed E-state index contributed by atoms with van der Waals surface area (Å²) in [6.45, 7) is 2.18. The quantitative estimate of drug-likeness (QED) is 0.666. The predicted molar refractivity (Wildman–Crippen MR) is 106 cm³/mol. The molecule has 1 unspecified atom stereocenters. The maximum absolute atomic E-state index is 13.4. The molecule has 0 N–H and O–H groups in total. The van der Waals surface area contributed by atoms with Crippen molar-refractivity contribution in [3.05, 3.63) is 77.1 Å². The molecular weight excluding hydrogens is 374 g/mol. The second-order valence-corrected chi connectivity index (χ2v) is 9.21. The molecule has 0 bridgehead atoms. The zero-order valence-corrected chi connectivity index (χ0v) is 16.4. The van der Waals surface area contributed by atoms with Gasteiger partial charge in [0.1, 0.15) is 0 Å². The zero-order valence-electron chi connectivity index (χ0n) is 15.6. The molecule has 5 rings (SSSR count). The molecule has 1 atom stereocenters. The molecule has 2 heterocycles. The van der Waals surface area contributed by atoms with Crippen molar-refractivity contribution < 1.29 is 17.9 Å². The topological polar surface area (TPSA) is 57.5 Å². The van der Waals surface area contributed by atoms with Crippen LogP contribution in [0.1, 0.15) is 41.1 Å². The average Bonchev–Trinajstić information content (AvgIpc) is 3.34. The van der Waals surface area contributed by atoms with Crippen molar-refractivity contribution in [2.45, 2.75) is 37.0 Å². The molecule has 5 nitrogen and oxygen atoms in total. The lowest BCUT2D eigenvalue weighted by molar-refractivity contribution is 0.174. The summed E-state index contributed by atoms with van der Waals surface area (Å²) in [4.78, 5) is 0.312. The molecule has 2 aromatic carbocycles. The molecule has 0 saturated heterocycles. The fourth-order valence-electron chi connectivity index (χ4n) is 4.17. The summed E-state index contributed by atoms with van der Waals surface area (Å²) in [6.07, 6.45) is 4.53. The van der Waals surface area contributed by atoms with Crippen LogP contribution in [-0.4, -0.2) is 19.2 Å². The maximum atomic E-state index is 13.4. The van der Waals surface area contributed by atoms with E-state index in [1.807, 2.05) is 43.3 Å². The monoisotopic (exact) mass is 395 g/mol. The van der Waals surface area contributed by atoms with Gasteiger partial charge in [-0.3, -0.25) is 0 Å². The van der Waals surface area contributed by atoms with E-state index in [-0.39, 0.29) is 12.7 Å². The van der Waals surface area contributed by atoms with Crippen molar-refractivity contribution in [2.24, 2.45) is 0 Å². The lowest BCUT2D eigenvalue weighted by Crippen LogP contribution is -2.21. The van der Waals surface area contributed by atoms with E-state index in [2.05, 4.69) is 0 Å². The molecule has 6 heteroatoms. The summed E-state index contributed by atoms with van der Waals surface area (Å²) in [5, 5.41) is 0. The van der Waals surface area contributed by atoms with Crippen LogP contribution < -0.4 is 9.47 Å². The SMILES string of the molecule is Cc1ccc(S(=O)(=O)n2ccc3c2C(c2ccc4c(c2)OCO4)CCC3)cc1. The highest BCUT2D eigenvalue weighted by molar-refractivity contribution is 7.90. The summed E-state index contributed by atoms with van der Waals surface area (Å²) < 4.78 is 39.1. The van der Waals surface area contributed by atoms with Gasteiger partial charge in [0.05, 0.1) is 4.90 Å². The van der Waals surface area contributed by atoms with Gasteiger partial charge in [0.15, 0.2) is 11.5 Å². The van der Waals surface area contributed by atoms with Crippen LogP contribution in [0.5, 0.6) is 11.5 Å². The van der Waals surface area contributed by atoms with Crippen LogP contribution in [0.4, 0.5) is 0 Å². The summed E-state index contributed by atoms with van der Waals surface area (Å²) in [6, 6.07) is 14.9. The Bertz CT molecular complexity index is 1150. The molecule has 144 valence electrons. The minimum atomic E-state index is -3.65. The molecule has 28 heavy (non-hydrogen) atoms. The minimum absolute atomic E-state index is 0.00785. The summed E-state index contributed by atoms with van der Waals surface area (Å²) in [5.74, 6) is 1.47. The molecular formula is C22H21NO4S. The van der Waals surface area contributed by atoms with Crippen molar-refractivity contribution in [2.75, 3.05) is 6.79 Å². The maximum Gasteiger partial charge on any atom is 0.267 e. The fourth-order valence-corrected chi connectivity index (χ4v) is 5.61. The number of hydrogen-bond donors (Lipinski definition) is 0. The Hall–Kier alpha value is -2.73. The molecule has 0 amide bonds. The lowest BCUT2D eigenvalue weighted by atomic mass is 9.83. The second kappa shape index (κ2) is 6.41. The number of hydrogen-bond acceptors (Lipinski definition) is 4. The third-order valence-electron chi connectivity index (χ3n) is 5.62. The van der Waals surface area contributed by atoms with Crippen molar-refractivity contribution in [1.29, 1.82) is 0 Å². The van der Waals surface area contributed by atoms with E-state index < -0.39 is 10.0 Å². The van der Waals surface area contributed by atoms with Gasteiger partial charge in [-0.15, -0.1) is 0 Å². The normalized spacial score (nSPS) is 18.1. The Balaban J connectivity index is 1.62. The Morgan fingerprint density at radius 1 is 1.00 bits per heavy atom. The Morgan fingerprint density at radius 3 is 2.61 bits per heavy atom. The zero-order chi connectivity index (χ0) is 19.3. The van der Waals surface area contributed by atoms with Crippen molar-refractivity contribution in [3.63, 3.8) is 0 Å². The molecule has 2 aliphatic rings. The van der Waals surface area contributed by atoms with E-state index in [1.165, 1.54) is 3.97 Å². The number of rotatable bonds is 3. The fraction of sp³-hybridized carbons (Fsp3) is 0.273. The van der Waals surface area contributed by atoms with Crippen molar-refractivity contribution >= 4 is 10.0 Å². The number of aryl methyl sites for hydroxylation is 2. The predicted octanol–water partition coefficient (Wildman–Crippen LogP) is 4.23. The molecule has 0 spiro atoms. The Kier molecular flexibility index (Phi) is 3.98. The second-order valence-electron chi connectivity index (χ2n) is 7.40. The molecule has 0 fully saturated rings. The first kappa shape index (κ1) is 17.4. The van der Waals surface area contributed by atoms with E-state index in [0.29, 0.717) is 4.90 Å². The standard InChI is InChI=1S/C22H21NO4S/c1-15-5-8-18(9-6-15)28(24,25)23-12-11-16-3-2-4-19(22(16)23)17-7-10-20-21(13-17)27-14-26-20/h5-13,19H,2-4,14H2,1H3. The summed E-state index contributed by atoms with van der Waals surface area (Å²) in [7, 11) is -3.65.